The monoisotopic (exact) mass is 412 g/mol. The predicted octanol–water partition coefficient (Wildman–Crippen LogP) is 4.04. The third-order valence-electron chi connectivity index (χ3n) is 5.64. The molecule has 1 saturated heterocycles. The van der Waals surface area contributed by atoms with E-state index in [0.29, 0.717) is 22.7 Å². The number of anilines is 1. The second-order valence-electron chi connectivity index (χ2n) is 7.39. The highest BCUT2D eigenvalue weighted by molar-refractivity contribution is 6.32. The normalized spacial score (nSPS) is 23.1. The van der Waals surface area contributed by atoms with Crippen LogP contribution in [-0.2, 0) is 19.7 Å². The van der Waals surface area contributed by atoms with Crippen molar-refractivity contribution in [3.63, 3.8) is 0 Å². The topological polar surface area (TPSA) is 75.7 Å². The molecule has 7 heteroatoms. The maximum absolute atomic E-state index is 13.8. The zero-order chi connectivity index (χ0) is 20.8. The van der Waals surface area contributed by atoms with Crippen LogP contribution >= 0.6 is 11.6 Å². The van der Waals surface area contributed by atoms with Gasteiger partial charge in [0.1, 0.15) is 5.41 Å². The quantitative estimate of drug-likeness (QED) is 0.807. The number of halogens is 1. The minimum Gasteiger partial charge on any atom is -0.449 e. The van der Waals surface area contributed by atoms with Crippen molar-refractivity contribution >= 4 is 35.2 Å². The first kappa shape index (κ1) is 19.5. The molecule has 2 aromatic carbocycles. The number of benzene rings is 2. The van der Waals surface area contributed by atoms with Crippen molar-refractivity contribution in [3.8, 4) is 0 Å². The molecule has 1 N–H and O–H groups in total. The summed E-state index contributed by atoms with van der Waals surface area (Å²) in [6.07, 6.45) is -0.258. The van der Waals surface area contributed by atoms with E-state index in [1.807, 2.05) is 31.2 Å². The van der Waals surface area contributed by atoms with Crippen LogP contribution < -0.4 is 10.2 Å². The van der Waals surface area contributed by atoms with Gasteiger partial charge in [0.2, 0.25) is 11.8 Å². The van der Waals surface area contributed by atoms with E-state index in [-0.39, 0.29) is 18.9 Å². The molecule has 2 heterocycles. The number of carbonyl (C=O) groups excluding carboxylic acids is 3. The number of hydrogen-bond donors (Lipinski definition) is 1. The van der Waals surface area contributed by atoms with Gasteiger partial charge in [-0.05, 0) is 43.5 Å². The van der Waals surface area contributed by atoms with Crippen LogP contribution in [0.4, 0.5) is 10.5 Å². The standard InChI is InChI=1S/C22H21ClN2O4/c1-3-29-21(28)25-17-12-15(23)7-8-16(17)22(20(25)27)10-9-18(26)24-19(22)14-6-4-5-13(2)11-14/h4-8,11-12,19H,3,9-10H2,1-2H3,(H,24,26)/t19-,22-/m1/s1. The Balaban J connectivity index is 1.93. The molecule has 1 fully saturated rings. The van der Waals surface area contributed by atoms with Crippen LogP contribution in [-0.4, -0.2) is 24.5 Å². The molecule has 150 valence electrons. The minimum atomic E-state index is -1.10. The van der Waals surface area contributed by atoms with Gasteiger partial charge < -0.3 is 10.1 Å². The molecule has 29 heavy (non-hydrogen) atoms. The van der Waals surface area contributed by atoms with Gasteiger partial charge in [-0.25, -0.2) is 9.69 Å². The Labute approximate surface area is 173 Å². The fourth-order valence-electron chi connectivity index (χ4n) is 4.41. The van der Waals surface area contributed by atoms with E-state index in [4.69, 9.17) is 16.3 Å². The van der Waals surface area contributed by atoms with Gasteiger partial charge in [-0.15, -0.1) is 0 Å². The fourth-order valence-corrected chi connectivity index (χ4v) is 4.58. The molecule has 0 aromatic heterocycles. The predicted molar refractivity (Wildman–Crippen MR) is 109 cm³/mol. The zero-order valence-corrected chi connectivity index (χ0v) is 17.0. The van der Waals surface area contributed by atoms with Crippen molar-refractivity contribution in [2.75, 3.05) is 11.5 Å². The lowest BCUT2D eigenvalue weighted by Crippen LogP contribution is -2.55. The first-order valence-corrected chi connectivity index (χ1v) is 9.93. The Morgan fingerprint density at radius 2 is 2.07 bits per heavy atom. The summed E-state index contributed by atoms with van der Waals surface area (Å²) in [4.78, 5) is 39.8. The van der Waals surface area contributed by atoms with E-state index in [9.17, 15) is 14.4 Å². The summed E-state index contributed by atoms with van der Waals surface area (Å²) in [6, 6.07) is 12.2. The first-order valence-electron chi connectivity index (χ1n) is 9.55. The highest BCUT2D eigenvalue weighted by atomic mass is 35.5. The smallest absolute Gasteiger partial charge is 0.421 e. The summed E-state index contributed by atoms with van der Waals surface area (Å²) >= 11 is 6.18. The largest absolute Gasteiger partial charge is 0.449 e. The van der Waals surface area contributed by atoms with E-state index < -0.39 is 23.5 Å². The van der Waals surface area contributed by atoms with Crippen molar-refractivity contribution in [1.82, 2.24) is 5.32 Å². The summed E-state index contributed by atoms with van der Waals surface area (Å²) in [5.74, 6) is -0.528. The number of imide groups is 1. The molecular formula is C22H21ClN2O4. The number of carbonyl (C=O) groups is 3. The Hall–Kier alpha value is -2.86. The van der Waals surface area contributed by atoms with Gasteiger partial charge in [-0.3, -0.25) is 9.59 Å². The highest BCUT2D eigenvalue weighted by Gasteiger charge is 2.59. The van der Waals surface area contributed by atoms with Gasteiger partial charge in [-0.1, -0.05) is 47.5 Å². The van der Waals surface area contributed by atoms with Crippen molar-refractivity contribution in [1.29, 1.82) is 0 Å². The number of aryl methyl sites for hydroxylation is 1. The lowest BCUT2D eigenvalue weighted by Gasteiger charge is -2.40. The molecule has 2 aromatic rings. The second-order valence-corrected chi connectivity index (χ2v) is 7.82. The number of nitrogens with one attached hydrogen (secondary N) is 1. The van der Waals surface area contributed by atoms with E-state index in [1.54, 1.807) is 25.1 Å². The van der Waals surface area contributed by atoms with Crippen molar-refractivity contribution in [3.05, 3.63) is 64.2 Å². The Bertz CT molecular complexity index is 1020. The van der Waals surface area contributed by atoms with Crippen molar-refractivity contribution in [2.24, 2.45) is 0 Å². The molecule has 0 aliphatic carbocycles. The van der Waals surface area contributed by atoms with E-state index in [2.05, 4.69) is 5.32 Å². The first-order chi connectivity index (χ1) is 13.9. The number of rotatable bonds is 2. The van der Waals surface area contributed by atoms with Gasteiger partial charge >= 0.3 is 6.09 Å². The summed E-state index contributed by atoms with van der Waals surface area (Å²) in [5, 5.41) is 3.41. The van der Waals surface area contributed by atoms with E-state index in [1.165, 1.54) is 0 Å². The third-order valence-corrected chi connectivity index (χ3v) is 5.87. The van der Waals surface area contributed by atoms with Crippen LogP contribution in [0.1, 0.15) is 42.5 Å². The zero-order valence-electron chi connectivity index (χ0n) is 16.2. The van der Waals surface area contributed by atoms with Crippen LogP contribution in [0.25, 0.3) is 0 Å². The molecule has 2 aliphatic rings. The van der Waals surface area contributed by atoms with Gasteiger partial charge in [0.25, 0.3) is 0 Å². The lowest BCUT2D eigenvalue weighted by molar-refractivity contribution is -0.130. The summed E-state index contributed by atoms with van der Waals surface area (Å²) in [6.45, 7) is 3.78. The Morgan fingerprint density at radius 3 is 2.79 bits per heavy atom. The molecule has 6 nitrogen and oxygen atoms in total. The van der Waals surface area contributed by atoms with Crippen LogP contribution in [0, 0.1) is 6.92 Å². The molecule has 0 saturated carbocycles. The lowest BCUT2D eigenvalue weighted by atomic mass is 9.67. The van der Waals surface area contributed by atoms with E-state index >= 15 is 0 Å². The van der Waals surface area contributed by atoms with Crippen LogP contribution in [0.3, 0.4) is 0 Å². The summed E-state index contributed by atoms with van der Waals surface area (Å²) < 4.78 is 5.14. The molecule has 2 atom stereocenters. The number of amides is 3. The third kappa shape index (κ3) is 2.99. The minimum absolute atomic E-state index is 0.125. The highest BCUT2D eigenvalue weighted by Crippen LogP contribution is 2.53. The Morgan fingerprint density at radius 1 is 1.28 bits per heavy atom. The second kappa shape index (κ2) is 7.19. The van der Waals surface area contributed by atoms with Gasteiger partial charge in [0.15, 0.2) is 0 Å². The number of ether oxygens (including phenoxy) is 1. The van der Waals surface area contributed by atoms with E-state index in [0.717, 1.165) is 16.0 Å². The SMILES string of the molecule is CCOC(=O)N1C(=O)[C@]2(CCC(=O)N[C@@H]2c2cccc(C)c2)c2ccc(Cl)cc21. The van der Waals surface area contributed by atoms with Crippen molar-refractivity contribution in [2.45, 2.75) is 38.1 Å². The maximum atomic E-state index is 13.8. The number of piperidine rings is 1. The summed E-state index contributed by atoms with van der Waals surface area (Å²) in [7, 11) is 0. The van der Waals surface area contributed by atoms with Gasteiger partial charge in [0.05, 0.1) is 18.3 Å². The Kier molecular flexibility index (Phi) is 4.82. The van der Waals surface area contributed by atoms with Gasteiger partial charge in [0, 0.05) is 11.4 Å². The number of fused-ring (bicyclic) bond motifs is 2. The molecule has 1 spiro atoms. The average molecular weight is 413 g/mol. The van der Waals surface area contributed by atoms with Crippen molar-refractivity contribution < 1.29 is 19.1 Å². The fraction of sp³-hybridized carbons (Fsp3) is 0.318. The molecule has 3 amide bonds. The number of hydrogen-bond acceptors (Lipinski definition) is 4. The molecule has 2 aliphatic heterocycles. The molecule has 0 radical (unpaired) electrons. The van der Waals surface area contributed by atoms with Crippen LogP contribution in [0.5, 0.6) is 0 Å². The molecule has 0 unspecified atom stereocenters. The maximum Gasteiger partial charge on any atom is 0.421 e. The number of nitrogens with zero attached hydrogens (tertiary/aromatic N) is 1. The van der Waals surface area contributed by atoms with Gasteiger partial charge in [-0.2, -0.15) is 0 Å². The average Bonchev–Trinajstić information content (AvgIpc) is 2.92. The van der Waals surface area contributed by atoms with Crippen LogP contribution in [0.15, 0.2) is 42.5 Å². The van der Waals surface area contributed by atoms with Crippen LogP contribution in [0.2, 0.25) is 5.02 Å². The summed E-state index contributed by atoms with van der Waals surface area (Å²) in [5.41, 5.74) is 1.81. The molecule has 0 bridgehead atoms. The molecular weight excluding hydrogens is 392 g/mol. The molecule has 4 rings (SSSR count).